The van der Waals surface area contributed by atoms with Gasteiger partial charge >= 0.3 is 0 Å². The lowest BCUT2D eigenvalue weighted by molar-refractivity contribution is 0.414. The summed E-state index contributed by atoms with van der Waals surface area (Å²) in [4.78, 5) is 3.97. The van der Waals surface area contributed by atoms with Crippen molar-refractivity contribution in [2.75, 3.05) is 12.8 Å². The first-order valence-corrected chi connectivity index (χ1v) is 5.11. The van der Waals surface area contributed by atoms with Crippen molar-refractivity contribution in [1.82, 2.24) is 4.98 Å². The van der Waals surface area contributed by atoms with Crippen LogP contribution in [0.2, 0.25) is 0 Å². The molecule has 3 heteroatoms. The summed E-state index contributed by atoms with van der Waals surface area (Å²) in [6, 6.07) is 11.9. The van der Waals surface area contributed by atoms with Crippen molar-refractivity contribution in [2.45, 2.75) is 6.42 Å². The molecule has 1 heterocycles. The van der Waals surface area contributed by atoms with Gasteiger partial charge in [0, 0.05) is 6.20 Å². The van der Waals surface area contributed by atoms with Crippen LogP contribution < -0.4 is 10.5 Å². The molecule has 0 radical (unpaired) electrons. The number of nitrogens with zero attached hydrogens (tertiary/aromatic N) is 1. The number of rotatable bonds is 3. The molecule has 0 unspecified atom stereocenters. The minimum atomic E-state index is 0.556. The molecular formula is C13H14N2O. The van der Waals surface area contributed by atoms with Gasteiger partial charge in [0.1, 0.15) is 11.6 Å². The average molecular weight is 214 g/mol. The number of benzene rings is 1. The Morgan fingerprint density at radius 2 is 2.00 bits per heavy atom. The van der Waals surface area contributed by atoms with Crippen molar-refractivity contribution in [3.8, 4) is 5.75 Å². The number of aromatic nitrogens is 1. The smallest absolute Gasteiger partial charge is 0.123 e. The van der Waals surface area contributed by atoms with Crippen molar-refractivity contribution in [3.63, 3.8) is 0 Å². The first-order chi connectivity index (χ1) is 7.78. The highest BCUT2D eigenvalue weighted by atomic mass is 16.5. The topological polar surface area (TPSA) is 48.1 Å². The third kappa shape index (κ3) is 2.51. The Hall–Kier alpha value is -2.03. The molecule has 2 aromatic rings. The van der Waals surface area contributed by atoms with E-state index in [1.807, 2.05) is 30.3 Å². The van der Waals surface area contributed by atoms with Crippen LogP contribution in [0.1, 0.15) is 11.1 Å². The van der Waals surface area contributed by atoms with Crippen LogP contribution in [0, 0.1) is 0 Å². The number of hydrogen-bond acceptors (Lipinski definition) is 3. The van der Waals surface area contributed by atoms with Gasteiger partial charge in [-0.25, -0.2) is 4.98 Å². The molecule has 0 aliphatic heterocycles. The SMILES string of the molecule is COc1cccc(Cc2ccnc(N)c2)c1. The summed E-state index contributed by atoms with van der Waals surface area (Å²) in [6.07, 6.45) is 2.56. The van der Waals surface area contributed by atoms with Gasteiger partial charge in [0.25, 0.3) is 0 Å². The fraction of sp³-hybridized carbons (Fsp3) is 0.154. The number of nitrogens with two attached hydrogens (primary N) is 1. The van der Waals surface area contributed by atoms with Gasteiger partial charge in [0.15, 0.2) is 0 Å². The fourth-order valence-corrected chi connectivity index (χ4v) is 1.62. The minimum absolute atomic E-state index is 0.556. The second-order valence-corrected chi connectivity index (χ2v) is 3.62. The predicted octanol–water partition coefficient (Wildman–Crippen LogP) is 2.26. The van der Waals surface area contributed by atoms with E-state index in [9.17, 15) is 0 Å². The van der Waals surface area contributed by atoms with E-state index >= 15 is 0 Å². The summed E-state index contributed by atoms with van der Waals surface area (Å²) < 4.78 is 5.18. The highest BCUT2D eigenvalue weighted by Crippen LogP contribution is 2.16. The van der Waals surface area contributed by atoms with E-state index in [0.717, 1.165) is 17.7 Å². The van der Waals surface area contributed by atoms with Gasteiger partial charge < -0.3 is 10.5 Å². The lowest BCUT2D eigenvalue weighted by Crippen LogP contribution is -1.94. The first-order valence-electron chi connectivity index (χ1n) is 5.11. The summed E-state index contributed by atoms with van der Waals surface area (Å²) in [5.74, 6) is 1.43. The van der Waals surface area contributed by atoms with Crippen LogP contribution in [0.3, 0.4) is 0 Å². The van der Waals surface area contributed by atoms with Gasteiger partial charge in [-0.15, -0.1) is 0 Å². The van der Waals surface area contributed by atoms with Crippen molar-refractivity contribution in [2.24, 2.45) is 0 Å². The largest absolute Gasteiger partial charge is 0.497 e. The number of nitrogen functional groups attached to an aromatic ring is 1. The normalized spacial score (nSPS) is 10.1. The number of hydrogen-bond donors (Lipinski definition) is 1. The van der Waals surface area contributed by atoms with Gasteiger partial charge in [0.05, 0.1) is 7.11 Å². The van der Waals surface area contributed by atoms with Crippen LogP contribution in [0.4, 0.5) is 5.82 Å². The second-order valence-electron chi connectivity index (χ2n) is 3.62. The third-order valence-corrected chi connectivity index (χ3v) is 2.39. The maximum Gasteiger partial charge on any atom is 0.123 e. The molecule has 0 saturated carbocycles. The highest BCUT2D eigenvalue weighted by molar-refractivity contribution is 5.37. The Morgan fingerprint density at radius 3 is 2.75 bits per heavy atom. The van der Waals surface area contributed by atoms with E-state index in [-0.39, 0.29) is 0 Å². The maximum atomic E-state index is 5.63. The van der Waals surface area contributed by atoms with Gasteiger partial charge in [-0.3, -0.25) is 0 Å². The zero-order valence-corrected chi connectivity index (χ0v) is 9.18. The molecule has 16 heavy (non-hydrogen) atoms. The van der Waals surface area contributed by atoms with Crippen molar-refractivity contribution in [3.05, 3.63) is 53.7 Å². The predicted molar refractivity (Wildman–Crippen MR) is 64.4 cm³/mol. The molecular weight excluding hydrogens is 200 g/mol. The van der Waals surface area contributed by atoms with E-state index in [1.54, 1.807) is 13.3 Å². The van der Waals surface area contributed by atoms with E-state index in [0.29, 0.717) is 5.82 Å². The van der Waals surface area contributed by atoms with Crippen LogP contribution in [0.15, 0.2) is 42.6 Å². The van der Waals surface area contributed by atoms with Gasteiger partial charge in [0.2, 0.25) is 0 Å². The van der Waals surface area contributed by atoms with Crippen LogP contribution in [0.25, 0.3) is 0 Å². The molecule has 0 amide bonds. The molecule has 1 aromatic carbocycles. The number of pyridine rings is 1. The summed E-state index contributed by atoms with van der Waals surface area (Å²) >= 11 is 0. The van der Waals surface area contributed by atoms with Crippen LogP contribution in [-0.2, 0) is 6.42 Å². The van der Waals surface area contributed by atoms with Crippen molar-refractivity contribution >= 4 is 5.82 Å². The molecule has 82 valence electrons. The lowest BCUT2D eigenvalue weighted by atomic mass is 10.1. The van der Waals surface area contributed by atoms with E-state index in [2.05, 4.69) is 11.1 Å². The third-order valence-electron chi connectivity index (χ3n) is 2.39. The molecule has 0 atom stereocenters. The van der Waals surface area contributed by atoms with Crippen LogP contribution in [-0.4, -0.2) is 12.1 Å². The Labute approximate surface area is 94.9 Å². The second kappa shape index (κ2) is 4.66. The van der Waals surface area contributed by atoms with Crippen molar-refractivity contribution in [1.29, 1.82) is 0 Å². The Balaban J connectivity index is 2.20. The monoisotopic (exact) mass is 214 g/mol. The first kappa shape index (κ1) is 10.5. The van der Waals surface area contributed by atoms with Crippen LogP contribution in [0.5, 0.6) is 5.75 Å². The van der Waals surface area contributed by atoms with E-state index in [4.69, 9.17) is 10.5 Å². The molecule has 0 aliphatic rings. The Morgan fingerprint density at radius 1 is 1.19 bits per heavy atom. The molecule has 0 fully saturated rings. The van der Waals surface area contributed by atoms with Gasteiger partial charge in [-0.1, -0.05) is 12.1 Å². The van der Waals surface area contributed by atoms with Crippen molar-refractivity contribution < 1.29 is 4.74 Å². The average Bonchev–Trinajstić information content (AvgIpc) is 2.29. The maximum absolute atomic E-state index is 5.63. The van der Waals surface area contributed by atoms with Crippen LogP contribution >= 0.6 is 0 Å². The lowest BCUT2D eigenvalue weighted by Gasteiger charge is -2.05. The molecule has 0 spiro atoms. The number of anilines is 1. The Bertz CT molecular complexity index is 483. The zero-order chi connectivity index (χ0) is 11.4. The summed E-state index contributed by atoms with van der Waals surface area (Å²) in [5.41, 5.74) is 7.99. The Kier molecular flexibility index (Phi) is 3.05. The fourth-order valence-electron chi connectivity index (χ4n) is 1.62. The quantitative estimate of drug-likeness (QED) is 0.852. The number of methoxy groups -OCH3 is 1. The number of ether oxygens (including phenoxy) is 1. The standard InChI is InChI=1S/C13H14N2O/c1-16-12-4-2-3-10(8-12)7-11-5-6-15-13(14)9-11/h2-6,8-9H,7H2,1H3,(H2,14,15). The molecule has 0 aliphatic carbocycles. The molecule has 2 rings (SSSR count). The minimum Gasteiger partial charge on any atom is -0.497 e. The summed E-state index contributed by atoms with van der Waals surface area (Å²) in [5, 5.41) is 0. The molecule has 0 bridgehead atoms. The molecule has 0 saturated heterocycles. The van der Waals surface area contributed by atoms with Gasteiger partial charge in [-0.05, 0) is 41.8 Å². The highest BCUT2D eigenvalue weighted by Gasteiger charge is 1.99. The molecule has 3 nitrogen and oxygen atoms in total. The zero-order valence-electron chi connectivity index (χ0n) is 9.18. The summed E-state index contributed by atoms with van der Waals surface area (Å²) in [7, 11) is 1.67. The summed E-state index contributed by atoms with van der Waals surface area (Å²) in [6.45, 7) is 0. The van der Waals surface area contributed by atoms with Gasteiger partial charge in [-0.2, -0.15) is 0 Å². The molecule has 1 aromatic heterocycles. The molecule has 2 N–H and O–H groups in total. The van der Waals surface area contributed by atoms with E-state index < -0.39 is 0 Å². The van der Waals surface area contributed by atoms with E-state index in [1.165, 1.54) is 5.56 Å².